The Hall–Kier alpha value is -3.41. The molecule has 11 nitrogen and oxygen atoms in total. The first kappa shape index (κ1) is 30.5. The third kappa shape index (κ3) is 7.09. The second kappa shape index (κ2) is 14.0. The van der Waals surface area contributed by atoms with Gasteiger partial charge in [-0.15, -0.1) is 0 Å². The highest BCUT2D eigenvalue weighted by molar-refractivity contribution is 6.31. The number of carbonyl (C=O) groups is 4. The maximum Gasteiger partial charge on any atom is 0.336 e. The summed E-state index contributed by atoms with van der Waals surface area (Å²) >= 11 is 6.55. The molecule has 0 saturated carbocycles. The summed E-state index contributed by atoms with van der Waals surface area (Å²) in [6.07, 6.45) is 0.950. The molecule has 3 aliphatic heterocycles. The molecular weight excluding hydrogens is 552 g/mol. The van der Waals surface area contributed by atoms with E-state index >= 15 is 0 Å². The van der Waals surface area contributed by atoms with Gasteiger partial charge in [-0.1, -0.05) is 29.8 Å². The van der Waals surface area contributed by atoms with Crippen LogP contribution >= 0.6 is 11.6 Å². The van der Waals surface area contributed by atoms with Crippen LogP contribution in [-0.2, 0) is 33.4 Å². The van der Waals surface area contributed by atoms with Gasteiger partial charge in [0.05, 0.1) is 49.7 Å². The Kier molecular flexibility index (Phi) is 10.4. The number of ether oxygens (including phenoxy) is 3. The van der Waals surface area contributed by atoms with Gasteiger partial charge in [-0.05, 0) is 31.9 Å². The van der Waals surface area contributed by atoms with Crippen LogP contribution in [0.5, 0.6) is 0 Å². The molecule has 12 heteroatoms. The van der Waals surface area contributed by atoms with Crippen molar-refractivity contribution < 1.29 is 33.4 Å². The van der Waals surface area contributed by atoms with Crippen LogP contribution in [0.2, 0.25) is 5.02 Å². The van der Waals surface area contributed by atoms with Gasteiger partial charge in [-0.25, -0.2) is 9.59 Å². The Balaban J connectivity index is 1.43. The van der Waals surface area contributed by atoms with E-state index in [1.165, 1.54) is 7.11 Å². The summed E-state index contributed by atoms with van der Waals surface area (Å²) in [5.74, 6) is -2.04. The molecule has 0 radical (unpaired) electrons. The zero-order valence-electron chi connectivity index (χ0n) is 23.7. The molecule has 2 N–H and O–H groups in total. The number of rotatable bonds is 10. The average molecular weight is 589 g/mol. The van der Waals surface area contributed by atoms with Gasteiger partial charge in [0.15, 0.2) is 0 Å². The molecule has 1 aromatic carbocycles. The van der Waals surface area contributed by atoms with Gasteiger partial charge in [0.1, 0.15) is 6.04 Å². The Morgan fingerprint density at radius 1 is 1.07 bits per heavy atom. The van der Waals surface area contributed by atoms with Gasteiger partial charge >= 0.3 is 11.9 Å². The Morgan fingerprint density at radius 3 is 2.44 bits per heavy atom. The van der Waals surface area contributed by atoms with Gasteiger partial charge < -0.3 is 29.7 Å². The molecular formula is C29H37ClN4O7. The minimum Gasteiger partial charge on any atom is -0.466 e. The van der Waals surface area contributed by atoms with Crippen molar-refractivity contribution in [3.05, 3.63) is 57.4 Å². The van der Waals surface area contributed by atoms with Crippen molar-refractivity contribution in [3.8, 4) is 0 Å². The van der Waals surface area contributed by atoms with Crippen molar-refractivity contribution in [1.82, 2.24) is 20.4 Å². The first-order chi connectivity index (χ1) is 19.7. The topological polar surface area (TPSA) is 127 Å². The molecule has 41 heavy (non-hydrogen) atoms. The van der Waals surface area contributed by atoms with Crippen molar-refractivity contribution in [3.63, 3.8) is 0 Å². The highest BCUT2D eigenvalue weighted by Gasteiger charge is 2.39. The molecule has 3 aliphatic rings. The van der Waals surface area contributed by atoms with E-state index in [0.717, 1.165) is 0 Å². The molecule has 1 aromatic rings. The zero-order chi connectivity index (χ0) is 29.5. The van der Waals surface area contributed by atoms with E-state index in [9.17, 15) is 19.2 Å². The molecule has 2 saturated heterocycles. The number of hydrogen-bond donors (Lipinski definition) is 2. The van der Waals surface area contributed by atoms with Gasteiger partial charge in [0, 0.05) is 49.9 Å². The third-order valence-electron chi connectivity index (χ3n) is 7.54. The van der Waals surface area contributed by atoms with E-state index in [-0.39, 0.29) is 36.2 Å². The quantitative estimate of drug-likeness (QED) is 0.310. The Morgan fingerprint density at radius 2 is 1.80 bits per heavy atom. The van der Waals surface area contributed by atoms with Crippen LogP contribution in [0.4, 0.5) is 0 Å². The molecule has 2 unspecified atom stereocenters. The number of nitrogens with one attached hydrogen (secondary N) is 2. The molecule has 0 aliphatic carbocycles. The third-order valence-corrected chi connectivity index (χ3v) is 7.88. The van der Waals surface area contributed by atoms with Crippen LogP contribution in [-0.4, -0.2) is 99.2 Å². The van der Waals surface area contributed by atoms with E-state index in [1.807, 2.05) is 0 Å². The van der Waals surface area contributed by atoms with Gasteiger partial charge in [0.25, 0.3) is 0 Å². The molecule has 3 heterocycles. The number of carbonyl (C=O) groups excluding carboxylic acids is 4. The number of methoxy groups -OCH3 is 1. The predicted molar refractivity (Wildman–Crippen MR) is 151 cm³/mol. The molecule has 2 amide bonds. The summed E-state index contributed by atoms with van der Waals surface area (Å²) in [6.45, 7) is 7.30. The van der Waals surface area contributed by atoms with Crippen LogP contribution in [0, 0.1) is 0 Å². The first-order valence-corrected chi connectivity index (χ1v) is 14.2. The molecule has 2 fully saturated rings. The molecule has 4 rings (SSSR count). The summed E-state index contributed by atoms with van der Waals surface area (Å²) in [4.78, 5) is 54.3. The number of amides is 2. The van der Waals surface area contributed by atoms with Crippen LogP contribution in [0.3, 0.4) is 0 Å². The van der Waals surface area contributed by atoms with Crippen molar-refractivity contribution in [1.29, 1.82) is 0 Å². The van der Waals surface area contributed by atoms with Crippen molar-refractivity contribution in [2.45, 2.75) is 38.6 Å². The van der Waals surface area contributed by atoms with Crippen LogP contribution in [0.15, 0.2) is 46.8 Å². The molecule has 0 aromatic heterocycles. The smallest absolute Gasteiger partial charge is 0.336 e. The van der Waals surface area contributed by atoms with Crippen molar-refractivity contribution in [2.24, 2.45) is 0 Å². The Bertz CT molecular complexity index is 1240. The first-order valence-electron chi connectivity index (χ1n) is 13.8. The lowest BCUT2D eigenvalue weighted by molar-refractivity contribution is -0.139. The van der Waals surface area contributed by atoms with Crippen LogP contribution in [0.1, 0.15) is 38.2 Å². The normalized spacial score (nSPS) is 21.5. The minimum atomic E-state index is -0.801. The second-order valence-electron chi connectivity index (χ2n) is 10.1. The summed E-state index contributed by atoms with van der Waals surface area (Å²) in [7, 11) is 1.29. The fourth-order valence-electron chi connectivity index (χ4n) is 5.44. The van der Waals surface area contributed by atoms with E-state index < -0.39 is 23.9 Å². The SMILES string of the molecule is CCOC(=O)C1=C(COCCN2CCN(C(=O)C3CCC(=O)N3)CC2)NC(C)=C(C(=O)OC)C1c1ccccc1Cl. The van der Waals surface area contributed by atoms with E-state index in [2.05, 4.69) is 15.5 Å². The summed E-state index contributed by atoms with van der Waals surface area (Å²) in [6, 6.07) is 6.65. The summed E-state index contributed by atoms with van der Waals surface area (Å²) in [5, 5.41) is 6.33. The van der Waals surface area contributed by atoms with E-state index in [4.69, 9.17) is 25.8 Å². The van der Waals surface area contributed by atoms with Gasteiger partial charge in [0.2, 0.25) is 11.8 Å². The maximum absolute atomic E-state index is 13.3. The van der Waals surface area contributed by atoms with Gasteiger partial charge in [-0.2, -0.15) is 0 Å². The molecule has 0 spiro atoms. The molecule has 222 valence electrons. The number of piperazine rings is 1. The van der Waals surface area contributed by atoms with Crippen LogP contribution in [0.25, 0.3) is 0 Å². The zero-order valence-corrected chi connectivity index (χ0v) is 24.4. The number of nitrogens with zero attached hydrogens (tertiary/aromatic N) is 2. The largest absolute Gasteiger partial charge is 0.466 e. The molecule has 2 atom stereocenters. The number of benzene rings is 1. The second-order valence-corrected chi connectivity index (χ2v) is 10.5. The van der Waals surface area contributed by atoms with Crippen molar-refractivity contribution in [2.75, 3.05) is 59.7 Å². The lowest BCUT2D eigenvalue weighted by Crippen LogP contribution is -2.53. The summed E-state index contributed by atoms with van der Waals surface area (Å²) in [5.41, 5.74) is 2.13. The van der Waals surface area contributed by atoms with Gasteiger partial charge in [-0.3, -0.25) is 14.5 Å². The lowest BCUT2D eigenvalue weighted by Gasteiger charge is -2.36. The minimum absolute atomic E-state index is 0.0172. The number of esters is 2. The summed E-state index contributed by atoms with van der Waals surface area (Å²) < 4.78 is 16.5. The number of dihydropyridines is 1. The highest BCUT2D eigenvalue weighted by atomic mass is 35.5. The predicted octanol–water partition coefficient (Wildman–Crippen LogP) is 1.73. The highest BCUT2D eigenvalue weighted by Crippen LogP contribution is 2.41. The van der Waals surface area contributed by atoms with E-state index in [1.54, 1.807) is 43.0 Å². The average Bonchev–Trinajstić information content (AvgIpc) is 3.41. The lowest BCUT2D eigenvalue weighted by atomic mass is 9.80. The van der Waals surface area contributed by atoms with Crippen molar-refractivity contribution >= 4 is 35.4 Å². The monoisotopic (exact) mass is 588 g/mol. The fraction of sp³-hybridized carbons (Fsp3) is 0.517. The van der Waals surface area contributed by atoms with E-state index in [0.29, 0.717) is 74.2 Å². The fourth-order valence-corrected chi connectivity index (χ4v) is 5.69. The standard InChI is InChI=1S/C29H37ClN4O7/c1-4-41-29(38)26-22(31-18(2)24(28(37)39-3)25(26)19-7-5-6-8-20(19)30)17-40-16-15-33-11-13-34(14-12-33)27(36)21-9-10-23(35)32-21/h5-8,21,25,31H,4,9-17H2,1-3H3,(H,32,35). The maximum atomic E-state index is 13.3. The number of allylic oxidation sites excluding steroid dienone is 1. The molecule has 0 bridgehead atoms. The Labute approximate surface area is 244 Å². The van der Waals surface area contributed by atoms with Crippen LogP contribution < -0.4 is 10.6 Å². The number of halogens is 1. The number of hydrogen-bond acceptors (Lipinski definition) is 9.